The minimum atomic E-state index is 0.295. The van der Waals surface area contributed by atoms with Gasteiger partial charge in [0.15, 0.2) is 5.82 Å². The van der Waals surface area contributed by atoms with Crippen molar-refractivity contribution in [2.45, 2.75) is 13.0 Å². The van der Waals surface area contributed by atoms with Gasteiger partial charge in [-0.3, -0.25) is 0 Å². The minimum absolute atomic E-state index is 0.295. The highest BCUT2D eigenvalue weighted by Crippen LogP contribution is 2.08. The van der Waals surface area contributed by atoms with Crippen molar-refractivity contribution >= 4 is 0 Å². The number of hydrogen-bond acceptors (Lipinski definition) is 6. The van der Waals surface area contributed by atoms with Crippen LogP contribution in [0.25, 0.3) is 0 Å². The standard InChI is InChI=1S/C13H17N3O3/c14-7-9-17-10-13-15-12(16-19-13)6-8-18-11-4-2-1-3-5-11/h1-5H,6-10,14H2. The van der Waals surface area contributed by atoms with Gasteiger partial charge in [0.25, 0.3) is 5.89 Å². The van der Waals surface area contributed by atoms with Crippen molar-refractivity contribution in [3.05, 3.63) is 42.0 Å². The van der Waals surface area contributed by atoms with Gasteiger partial charge < -0.3 is 19.7 Å². The summed E-state index contributed by atoms with van der Waals surface area (Å²) >= 11 is 0. The quantitative estimate of drug-likeness (QED) is 0.720. The fourth-order valence-electron chi connectivity index (χ4n) is 1.47. The van der Waals surface area contributed by atoms with E-state index in [1.807, 2.05) is 30.3 Å². The second kappa shape index (κ2) is 7.50. The molecule has 6 nitrogen and oxygen atoms in total. The molecule has 0 unspecified atom stereocenters. The first kappa shape index (κ1) is 13.5. The lowest BCUT2D eigenvalue weighted by Crippen LogP contribution is -2.08. The van der Waals surface area contributed by atoms with Crippen LogP contribution >= 0.6 is 0 Å². The van der Waals surface area contributed by atoms with Crippen LogP contribution in [0, 0.1) is 0 Å². The van der Waals surface area contributed by atoms with Gasteiger partial charge in [-0.15, -0.1) is 0 Å². The first-order chi connectivity index (χ1) is 9.38. The molecule has 0 aliphatic heterocycles. The van der Waals surface area contributed by atoms with Gasteiger partial charge >= 0.3 is 0 Å². The summed E-state index contributed by atoms with van der Waals surface area (Å²) in [5, 5.41) is 3.85. The third-order valence-electron chi connectivity index (χ3n) is 2.34. The fraction of sp³-hybridized carbons (Fsp3) is 0.385. The molecule has 0 bridgehead atoms. The molecule has 1 aromatic heterocycles. The number of ether oxygens (including phenoxy) is 2. The lowest BCUT2D eigenvalue weighted by atomic mass is 10.3. The predicted octanol–water partition coefficient (Wildman–Crippen LogP) is 1.17. The molecule has 0 atom stereocenters. The number of aromatic nitrogens is 2. The van der Waals surface area contributed by atoms with Crippen molar-refractivity contribution in [3.63, 3.8) is 0 Å². The zero-order chi connectivity index (χ0) is 13.3. The smallest absolute Gasteiger partial charge is 0.252 e. The van der Waals surface area contributed by atoms with E-state index < -0.39 is 0 Å². The minimum Gasteiger partial charge on any atom is -0.493 e. The maximum Gasteiger partial charge on any atom is 0.252 e. The Morgan fingerprint density at radius 1 is 1.16 bits per heavy atom. The Labute approximate surface area is 111 Å². The lowest BCUT2D eigenvalue weighted by molar-refractivity contribution is 0.104. The highest BCUT2D eigenvalue weighted by molar-refractivity contribution is 5.20. The molecule has 0 saturated carbocycles. The lowest BCUT2D eigenvalue weighted by Gasteiger charge is -2.02. The van der Waals surface area contributed by atoms with Gasteiger partial charge in [-0.2, -0.15) is 4.98 Å². The summed E-state index contributed by atoms with van der Waals surface area (Å²) in [5.74, 6) is 1.91. The number of para-hydroxylation sites is 1. The van der Waals surface area contributed by atoms with Crippen LogP contribution in [-0.2, 0) is 17.8 Å². The van der Waals surface area contributed by atoms with Crippen LogP contribution in [0.2, 0.25) is 0 Å². The SMILES string of the molecule is NCCOCc1nc(CCOc2ccccc2)no1. The fourth-order valence-corrected chi connectivity index (χ4v) is 1.47. The first-order valence-electron chi connectivity index (χ1n) is 6.15. The van der Waals surface area contributed by atoms with E-state index in [1.165, 1.54) is 0 Å². The molecule has 0 amide bonds. The number of nitrogens with zero attached hydrogens (tertiary/aromatic N) is 2. The van der Waals surface area contributed by atoms with Gasteiger partial charge in [0.1, 0.15) is 12.4 Å². The van der Waals surface area contributed by atoms with Crippen molar-refractivity contribution in [2.75, 3.05) is 19.8 Å². The van der Waals surface area contributed by atoms with Crippen LogP contribution in [0.5, 0.6) is 5.75 Å². The normalized spacial score (nSPS) is 10.6. The van der Waals surface area contributed by atoms with Gasteiger partial charge in [-0.25, -0.2) is 0 Å². The zero-order valence-electron chi connectivity index (χ0n) is 10.6. The molecular formula is C13H17N3O3. The molecule has 6 heteroatoms. The van der Waals surface area contributed by atoms with Gasteiger partial charge in [0, 0.05) is 13.0 Å². The third-order valence-corrected chi connectivity index (χ3v) is 2.34. The molecule has 2 N–H and O–H groups in total. The molecule has 2 rings (SSSR count). The van der Waals surface area contributed by atoms with Gasteiger partial charge in [0.2, 0.25) is 0 Å². The Morgan fingerprint density at radius 2 is 2.00 bits per heavy atom. The zero-order valence-corrected chi connectivity index (χ0v) is 10.6. The maximum absolute atomic E-state index is 5.55. The highest BCUT2D eigenvalue weighted by Gasteiger charge is 2.06. The van der Waals surface area contributed by atoms with Gasteiger partial charge in [-0.1, -0.05) is 23.4 Å². The Hall–Kier alpha value is -1.92. The van der Waals surface area contributed by atoms with Crippen LogP contribution in [0.1, 0.15) is 11.7 Å². The van der Waals surface area contributed by atoms with Crippen LogP contribution in [0.3, 0.4) is 0 Å². The van der Waals surface area contributed by atoms with Gasteiger partial charge in [0.05, 0.1) is 13.2 Å². The molecule has 19 heavy (non-hydrogen) atoms. The summed E-state index contributed by atoms with van der Waals surface area (Å²) in [4.78, 5) is 4.19. The van der Waals surface area contributed by atoms with E-state index in [1.54, 1.807) is 0 Å². The molecule has 0 saturated heterocycles. The molecule has 0 aliphatic rings. The molecule has 1 heterocycles. The number of nitrogens with two attached hydrogens (primary N) is 1. The Bertz CT molecular complexity index is 473. The first-order valence-corrected chi connectivity index (χ1v) is 6.15. The van der Waals surface area contributed by atoms with E-state index in [0.717, 1.165) is 5.75 Å². The molecule has 0 aliphatic carbocycles. The Balaban J connectivity index is 1.71. The second-order valence-electron chi connectivity index (χ2n) is 3.86. The van der Waals surface area contributed by atoms with Crippen molar-refractivity contribution in [1.82, 2.24) is 10.1 Å². The van der Waals surface area contributed by atoms with Gasteiger partial charge in [-0.05, 0) is 12.1 Å². The summed E-state index contributed by atoms with van der Waals surface area (Å²) in [7, 11) is 0. The number of hydrogen-bond donors (Lipinski definition) is 1. The average Bonchev–Trinajstić information content (AvgIpc) is 2.88. The molecule has 0 spiro atoms. The van der Waals surface area contributed by atoms with Crippen LogP contribution in [0.15, 0.2) is 34.9 Å². The van der Waals surface area contributed by atoms with E-state index in [-0.39, 0.29) is 0 Å². The average molecular weight is 263 g/mol. The summed E-state index contributed by atoms with van der Waals surface area (Å²) in [6, 6.07) is 9.61. The summed E-state index contributed by atoms with van der Waals surface area (Å²) in [6.07, 6.45) is 0.593. The monoisotopic (exact) mass is 263 g/mol. The van der Waals surface area contributed by atoms with Crippen molar-refractivity contribution in [2.24, 2.45) is 5.73 Å². The molecular weight excluding hydrogens is 246 g/mol. The Kier molecular flexibility index (Phi) is 5.33. The van der Waals surface area contributed by atoms with Crippen molar-refractivity contribution in [1.29, 1.82) is 0 Å². The summed E-state index contributed by atoms with van der Waals surface area (Å²) in [5.41, 5.74) is 5.31. The van der Waals surface area contributed by atoms with E-state index in [4.69, 9.17) is 19.7 Å². The molecule has 102 valence electrons. The summed E-state index contributed by atoms with van der Waals surface area (Å²) in [6.45, 7) is 1.76. The van der Waals surface area contributed by atoms with Crippen LogP contribution < -0.4 is 10.5 Å². The van der Waals surface area contributed by atoms with Crippen LogP contribution in [0.4, 0.5) is 0 Å². The largest absolute Gasteiger partial charge is 0.493 e. The van der Waals surface area contributed by atoms with Crippen molar-refractivity contribution in [3.8, 4) is 5.75 Å². The third kappa shape index (κ3) is 4.69. The molecule has 0 fully saturated rings. The predicted molar refractivity (Wildman–Crippen MR) is 68.6 cm³/mol. The number of rotatable bonds is 8. The van der Waals surface area contributed by atoms with E-state index in [2.05, 4.69) is 10.1 Å². The molecule has 2 aromatic rings. The summed E-state index contributed by atoms with van der Waals surface area (Å²) < 4.78 is 15.8. The highest BCUT2D eigenvalue weighted by atomic mass is 16.5. The van der Waals surface area contributed by atoms with Crippen molar-refractivity contribution < 1.29 is 14.0 Å². The maximum atomic E-state index is 5.55. The molecule has 0 radical (unpaired) electrons. The second-order valence-corrected chi connectivity index (χ2v) is 3.86. The van der Waals surface area contributed by atoms with E-state index in [0.29, 0.717) is 44.5 Å². The molecule has 1 aromatic carbocycles. The topological polar surface area (TPSA) is 83.4 Å². The van der Waals surface area contributed by atoms with E-state index >= 15 is 0 Å². The van der Waals surface area contributed by atoms with Crippen LogP contribution in [-0.4, -0.2) is 29.9 Å². The number of benzene rings is 1. The van der Waals surface area contributed by atoms with E-state index in [9.17, 15) is 0 Å². The Morgan fingerprint density at radius 3 is 2.79 bits per heavy atom.